The fourth-order valence-electron chi connectivity index (χ4n) is 1.89. The van der Waals surface area contributed by atoms with Gasteiger partial charge in [-0.15, -0.1) is 11.3 Å². The van der Waals surface area contributed by atoms with Crippen LogP contribution < -0.4 is 0 Å². The molecule has 17 heavy (non-hydrogen) atoms. The van der Waals surface area contributed by atoms with Gasteiger partial charge < -0.3 is 10.0 Å². The van der Waals surface area contributed by atoms with E-state index in [-0.39, 0.29) is 18.2 Å². The molecule has 1 N–H and O–H groups in total. The summed E-state index contributed by atoms with van der Waals surface area (Å²) in [4.78, 5) is 36.1. The second-order valence-electron chi connectivity index (χ2n) is 3.84. The van der Waals surface area contributed by atoms with Gasteiger partial charge in [0.1, 0.15) is 12.5 Å². The van der Waals surface area contributed by atoms with Gasteiger partial charge in [-0.25, -0.2) is 0 Å². The zero-order valence-corrected chi connectivity index (χ0v) is 9.77. The number of rotatable bonds is 4. The summed E-state index contributed by atoms with van der Waals surface area (Å²) in [6.45, 7) is 0.0139. The van der Waals surface area contributed by atoms with Crippen LogP contribution in [0.25, 0.3) is 0 Å². The third-order valence-electron chi connectivity index (χ3n) is 2.70. The average molecular weight is 253 g/mol. The first-order valence-electron chi connectivity index (χ1n) is 5.18. The maximum Gasteiger partial charge on any atom is 0.323 e. The summed E-state index contributed by atoms with van der Waals surface area (Å²) in [6.07, 6.45) is 0.406. The molecule has 5 nitrogen and oxygen atoms in total. The second-order valence-corrected chi connectivity index (χ2v) is 4.78. The Morgan fingerprint density at radius 3 is 2.88 bits per heavy atom. The van der Waals surface area contributed by atoms with E-state index in [2.05, 4.69) is 0 Å². The van der Waals surface area contributed by atoms with E-state index in [0.29, 0.717) is 17.8 Å². The van der Waals surface area contributed by atoms with E-state index in [0.717, 1.165) is 0 Å². The SMILES string of the molecule is O=C(O)CN1CCC(C(=O)c2cccs2)C1=O. The van der Waals surface area contributed by atoms with Crippen molar-refractivity contribution in [3.8, 4) is 0 Å². The number of thiophene rings is 1. The summed E-state index contributed by atoms with van der Waals surface area (Å²) in [7, 11) is 0. The van der Waals surface area contributed by atoms with Crippen LogP contribution >= 0.6 is 11.3 Å². The number of aliphatic carboxylic acids is 1. The first-order valence-corrected chi connectivity index (χ1v) is 6.06. The van der Waals surface area contributed by atoms with Gasteiger partial charge in [0, 0.05) is 6.54 Å². The lowest BCUT2D eigenvalue weighted by Gasteiger charge is -2.12. The van der Waals surface area contributed by atoms with Crippen molar-refractivity contribution in [2.75, 3.05) is 13.1 Å². The molecule has 1 saturated heterocycles. The van der Waals surface area contributed by atoms with Crippen LogP contribution in [0.3, 0.4) is 0 Å². The van der Waals surface area contributed by atoms with Crippen LogP contribution in [0.2, 0.25) is 0 Å². The fourth-order valence-corrected chi connectivity index (χ4v) is 2.61. The molecule has 2 heterocycles. The molecule has 1 aliphatic rings. The number of hydrogen-bond donors (Lipinski definition) is 1. The maximum absolute atomic E-state index is 12.0. The van der Waals surface area contributed by atoms with Crippen molar-refractivity contribution in [2.24, 2.45) is 5.92 Å². The highest BCUT2D eigenvalue weighted by Crippen LogP contribution is 2.24. The molecule has 6 heteroatoms. The van der Waals surface area contributed by atoms with Crippen LogP contribution in [0.5, 0.6) is 0 Å². The first kappa shape index (κ1) is 11.8. The van der Waals surface area contributed by atoms with Crippen LogP contribution in [0.1, 0.15) is 16.1 Å². The standard InChI is InChI=1S/C11H11NO4S/c13-9(14)6-12-4-3-7(11(12)16)10(15)8-2-1-5-17-8/h1-2,5,7H,3-4,6H2,(H,13,14). The van der Waals surface area contributed by atoms with E-state index in [4.69, 9.17) is 5.11 Å². The topological polar surface area (TPSA) is 74.7 Å². The van der Waals surface area contributed by atoms with Crippen LogP contribution in [-0.2, 0) is 9.59 Å². The Bertz CT molecular complexity index is 454. The number of ketones is 1. The summed E-state index contributed by atoms with van der Waals surface area (Å²) in [5.74, 6) is -2.32. The summed E-state index contributed by atoms with van der Waals surface area (Å²) >= 11 is 1.30. The van der Waals surface area contributed by atoms with Gasteiger partial charge in [0.05, 0.1) is 4.88 Å². The summed E-state index contributed by atoms with van der Waals surface area (Å²) in [6, 6.07) is 3.44. The van der Waals surface area contributed by atoms with E-state index in [1.165, 1.54) is 16.2 Å². The molecule has 1 aromatic rings. The lowest BCUT2D eigenvalue weighted by Crippen LogP contribution is -2.34. The van der Waals surface area contributed by atoms with Gasteiger partial charge >= 0.3 is 5.97 Å². The Labute approximate surface area is 102 Å². The van der Waals surface area contributed by atoms with E-state index in [1.807, 2.05) is 0 Å². The quantitative estimate of drug-likeness (QED) is 0.638. The predicted octanol–water partition coefficient (Wildman–Crippen LogP) is 0.864. The zero-order chi connectivity index (χ0) is 12.4. The first-order chi connectivity index (χ1) is 8.09. The molecule has 1 unspecified atom stereocenters. The van der Waals surface area contributed by atoms with E-state index in [1.54, 1.807) is 17.5 Å². The predicted molar refractivity (Wildman–Crippen MR) is 61.0 cm³/mol. The van der Waals surface area contributed by atoms with Gasteiger partial charge in [-0.3, -0.25) is 14.4 Å². The third-order valence-corrected chi connectivity index (χ3v) is 3.59. The third kappa shape index (κ3) is 2.36. The normalized spacial score (nSPS) is 19.6. The molecule has 1 amide bonds. The van der Waals surface area contributed by atoms with Crippen molar-refractivity contribution >= 4 is 29.0 Å². The molecule has 0 saturated carbocycles. The van der Waals surface area contributed by atoms with Crippen LogP contribution in [0, 0.1) is 5.92 Å². The molecule has 1 atom stereocenters. The van der Waals surface area contributed by atoms with E-state index in [9.17, 15) is 14.4 Å². The Balaban J connectivity index is 2.07. The zero-order valence-electron chi connectivity index (χ0n) is 8.96. The number of carbonyl (C=O) groups is 3. The van der Waals surface area contributed by atoms with Gasteiger partial charge in [0.15, 0.2) is 5.78 Å². The minimum atomic E-state index is -1.05. The number of carboxylic acid groups (broad SMARTS) is 1. The molecule has 1 aliphatic heterocycles. The Morgan fingerprint density at radius 2 is 2.29 bits per heavy atom. The number of nitrogens with zero attached hydrogens (tertiary/aromatic N) is 1. The monoisotopic (exact) mass is 253 g/mol. The van der Waals surface area contributed by atoms with Gasteiger partial charge in [0.25, 0.3) is 0 Å². The van der Waals surface area contributed by atoms with Crippen molar-refractivity contribution in [3.05, 3.63) is 22.4 Å². The minimum absolute atomic E-state index is 0.196. The number of Topliss-reactive ketones (excluding diaryl/α,β-unsaturated/α-hetero) is 1. The molecule has 2 rings (SSSR count). The molecule has 90 valence electrons. The lowest BCUT2D eigenvalue weighted by atomic mass is 10.0. The van der Waals surface area contributed by atoms with Crippen molar-refractivity contribution < 1.29 is 19.5 Å². The van der Waals surface area contributed by atoms with Crippen molar-refractivity contribution in [2.45, 2.75) is 6.42 Å². The molecular formula is C11H11NO4S. The molecular weight excluding hydrogens is 242 g/mol. The Morgan fingerprint density at radius 1 is 1.53 bits per heavy atom. The second kappa shape index (κ2) is 4.67. The highest BCUT2D eigenvalue weighted by Gasteiger charge is 2.38. The van der Waals surface area contributed by atoms with Gasteiger partial charge in [-0.05, 0) is 17.9 Å². The molecule has 0 radical (unpaired) electrons. The lowest BCUT2D eigenvalue weighted by molar-refractivity contribution is -0.143. The van der Waals surface area contributed by atoms with Crippen molar-refractivity contribution in [3.63, 3.8) is 0 Å². The summed E-state index contributed by atoms with van der Waals surface area (Å²) in [5.41, 5.74) is 0. The Kier molecular flexibility index (Phi) is 3.23. The van der Waals surface area contributed by atoms with E-state index >= 15 is 0 Å². The Hall–Kier alpha value is -1.69. The van der Waals surface area contributed by atoms with Gasteiger partial charge in [-0.2, -0.15) is 0 Å². The van der Waals surface area contributed by atoms with Crippen molar-refractivity contribution in [1.82, 2.24) is 4.90 Å². The minimum Gasteiger partial charge on any atom is -0.480 e. The van der Waals surface area contributed by atoms with Gasteiger partial charge in [-0.1, -0.05) is 6.07 Å². The summed E-state index contributed by atoms with van der Waals surface area (Å²) in [5, 5.41) is 10.4. The number of carboxylic acids is 1. The highest BCUT2D eigenvalue weighted by molar-refractivity contribution is 7.12. The number of hydrogen-bond acceptors (Lipinski definition) is 4. The fraction of sp³-hybridized carbons (Fsp3) is 0.364. The molecule has 0 bridgehead atoms. The average Bonchev–Trinajstić information content (AvgIpc) is 2.88. The number of likely N-dealkylation sites (tertiary alicyclic amines) is 1. The molecule has 0 spiro atoms. The molecule has 1 fully saturated rings. The van der Waals surface area contributed by atoms with Gasteiger partial charge in [0.2, 0.25) is 5.91 Å². The summed E-state index contributed by atoms with van der Waals surface area (Å²) < 4.78 is 0. The molecule has 0 aromatic carbocycles. The van der Waals surface area contributed by atoms with Crippen LogP contribution in [0.15, 0.2) is 17.5 Å². The van der Waals surface area contributed by atoms with Crippen LogP contribution in [-0.4, -0.2) is 40.8 Å². The molecule has 1 aromatic heterocycles. The maximum atomic E-state index is 12.0. The molecule has 0 aliphatic carbocycles. The largest absolute Gasteiger partial charge is 0.480 e. The van der Waals surface area contributed by atoms with E-state index < -0.39 is 11.9 Å². The van der Waals surface area contributed by atoms with Crippen molar-refractivity contribution in [1.29, 1.82) is 0 Å². The van der Waals surface area contributed by atoms with Crippen LogP contribution in [0.4, 0.5) is 0 Å². The number of amides is 1. The smallest absolute Gasteiger partial charge is 0.323 e. The number of carbonyl (C=O) groups excluding carboxylic acids is 2. The highest BCUT2D eigenvalue weighted by atomic mass is 32.1.